The molecule has 3 aliphatic rings. The highest BCUT2D eigenvalue weighted by molar-refractivity contribution is 6.91. The Morgan fingerprint density at radius 2 is 1.73 bits per heavy atom. The predicted molar refractivity (Wildman–Crippen MR) is 215 cm³/mol. The van der Waals surface area contributed by atoms with E-state index in [0.717, 1.165) is 33.3 Å². The summed E-state index contributed by atoms with van der Waals surface area (Å²) in [7, 11) is -0.714. The molecule has 0 radical (unpaired) electrons. The van der Waals surface area contributed by atoms with E-state index in [-0.39, 0.29) is 41.9 Å². The highest BCUT2D eigenvalue weighted by atomic mass is 28.3. The van der Waals surface area contributed by atoms with Gasteiger partial charge in [0.05, 0.1) is 50.8 Å². The van der Waals surface area contributed by atoms with Crippen LogP contribution in [0.4, 0.5) is 17.1 Å². The highest BCUT2D eigenvalue weighted by Crippen LogP contribution is 2.59. The number of aliphatic hydroxyl groups is 1. The van der Waals surface area contributed by atoms with Crippen LogP contribution in [-0.2, 0) is 21.7 Å². The van der Waals surface area contributed by atoms with Crippen LogP contribution >= 0.6 is 0 Å². The number of anilines is 3. The second kappa shape index (κ2) is 13.3. The second-order valence-electron chi connectivity index (χ2n) is 15.5. The Kier molecular flexibility index (Phi) is 8.48. The van der Waals surface area contributed by atoms with Gasteiger partial charge in [-0.25, -0.2) is 0 Å². The summed E-state index contributed by atoms with van der Waals surface area (Å²) < 4.78 is 14.6. The number of nitrogens with zero attached hydrogens (tertiary/aromatic N) is 4. The maximum atomic E-state index is 14.5. The standard InChI is InChI=1S/C44H43N5O5Si/c1-27-41(55(3,4)32-19-17-31(53-2)18-20-32)39(22-23-48-25-37(46-47-48)34(26-50)28-10-6-5-7-11-28)54-44(27)35-24-30(16-21-36(35)45-43(44)52)49-38-15-9-13-29-12-8-14-33(40(29)38)42(49)51/h5-21,24-25,27,34,39,41,50H,22-23,26H2,1-4H3,(H,45,52)/t27-,34?,39+,41-,44+/m1/s1. The van der Waals surface area contributed by atoms with Crippen LogP contribution in [0.1, 0.15) is 46.4 Å². The third-order valence-electron chi connectivity index (χ3n) is 12.3. The molecule has 10 nitrogen and oxygen atoms in total. The van der Waals surface area contributed by atoms with E-state index in [2.05, 4.69) is 47.8 Å². The topological polar surface area (TPSA) is 119 Å². The number of rotatable bonds is 10. The van der Waals surface area contributed by atoms with Gasteiger partial charge in [0, 0.05) is 41.0 Å². The average Bonchev–Trinajstić information content (AvgIpc) is 3.94. The van der Waals surface area contributed by atoms with Crippen molar-refractivity contribution in [3.05, 3.63) is 138 Å². The molecule has 3 aliphatic heterocycles. The van der Waals surface area contributed by atoms with Crippen LogP contribution in [-0.4, -0.2) is 59.8 Å². The van der Waals surface area contributed by atoms with Gasteiger partial charge in [-0.3, -0.25) is 19.2 Å². The lowest BCUT2D eigenvalue weighted by Gasteiger charge is -2.37. The van der Waals surface area contributed by atoms with E-state index >= 15 is 0 Å². The molecule has 55 heavy (non-hydrogen) atoms. The normalized spacial score (nSPS) is 22.1. The summed E-state index contributed by atoms with van der Waals surface area (Å²) in [6, 6.07) is 35.7. The summed E-state index contributed by atoms with van der Waals surface area (Å²) in [5.74, 6) is 0.0159. The van der Waals surface area contributed by atoms with Gasteiger partial charge in [0.2, 0.25) is 0 Å². The lowest BCUT2D eigenvalue weighted by molar-refractivity contribution is -0.143. The molecule has 1 aromatic heterocycles. The summed E-state index contributed by atoms with van der Waals surface area (Å²) in [6.07, 6.45) is 2.19. The van der Waals surface area contributed by atoms with Gasteiger partial charge in [-0.1, -0.05) is 97.1 Å². The highest BCUT2D eigenvalue weighted by Gasteiger charge is 2.64. The van der Waals surface area contributed by atoms with Gasteiger partial charge in [0.25, 0.3) is 11.8 Å². The zero-order valence-electron chi connectivity index (χ0n) is 31.3. The molecule has 6 aromatic rings. The Morgan fingerprint density at radius 1 is 0.964 bits per heavy atom. The van der Waals surface area contributed by atoms with Gasteiger partial charge in [0.15, 0.2) is 5.60 Å². The van der Waals surface area contributed by atoms with Gasteiger partial charge in [-0.15, -0.1) is 5.10 Å². The van der Waals surface area contributed by atoms with Crippen molar-refractivity contribution in [3.63, 3.8) is 0 Å². The molecule has 0 saturated carbocycles. The number of nitrogens with one attached hydrogen (secondary N) is 1. The maximum Gasteiger partial charge on any atom is 0.263 e. The molecule has 1 saturated heterocycles. The number of carbonyl (C=O) groups excluding carboxylic acids is 2. The van der Waals surface area contributed by atoms with E-state index in [4.69, 9.17) is 9.47 Å². The largest absolute Gasteiger partial charge is 0.497 e. The fourth-order valence-electron chi connectivity index (χ4n) is 9.60. The Morgan fingerprint density at radius 3 is 2.47 bits per heavy atom. The fourth-order valence-corrected chi connectivity index (χ4v) is 13.7. The number of fused-ring (bicyclic) bond motifs is 2. The molecule has 5 aromatic carbocycles. The summed E-state index contributed by atoms with van der Waals surface area (Å²) in [5.41, 5.74) is 4.05. The minimum absolute atomic E-state index is 0.0187. The van der Waals surface area contributed by atoms with Crippen molar-refractivity contribution in [2.45, 2.75) is 56.1 Å². The molecule has 0 bridgehead atoms. The van der Waals surface area contributed by atoms with Crippen molar-refractivity contribution >= 4 is 52.9 Å². The monoisotopic (exact) mass is 749 g/mol. The molecule has 278 valence electrons. The quantitative estimate of drug-likeness (QED) is 0.143. The SMILES string of the molecule is COc1ccc([Si](C)(C)[C@H]2[C@H](CCn3cc(C(CO)c4ccccc4)nn3)O[C@@]3(C(=O)Nc4ccc(N5C(=O)c6cccc7cccc5c67)cc43)[C@@H]2C)cc1. The Balaban J connectivity index is 1.09. The Labute approximate surface area is 320 Å². The van der Waals surface area contributed by atoms with Crippen LogP contribution < -0.4 is 20.1 Å². The lowest BCUT2D eigenvalue weighted by atomic mass is 9.82. The number of methoxy groups -OCH3 is 1. The molecule has 11 heteroatoms. The first-order valence-corrected chi connectivity index (χ1v) is 21.9. The minimum Gasteiger partial charge on any atom is -0.497 e. The van der Waals surface area contributed by atoms with Crippen LogP contribution in [0.15, 0.2) is 115 Å². The predicted octanol–water partition coefficient (Wildman–Crippen LogP) is 7.11. The van der Waals surface area contributed by atoms with Crippen LogP contribution in [0.3, 0.4) is 0 Å². The van der Waals surface area contributed by atoms with E-state index in [1.807, 2.05) is 108 Å². The minimum atomic E-state index is -2.38. The number of aryl methyl sites for hydroxylation is 1. The van der Waals surface area contributed by atoms with Crippen molar-refractivity contribution in [3.8, 4) is 5.75 Å². The molecular weight excluding hydrogens is 707 g/mol. The first-order chi connectivity index (χ1) is 26.6. The Hall–Kier alpha value is -5.62. The third kappa shape index (κ3) is 5.43. The van der Waals surface area contributed by atoms with Gasteiger partial charge >= 0.3 is 0 Å². The third-order valence-corrected chi connectivity index (χ3v) is 16.7. The van der Waals surface area contributed by atoms with Crippen molar-refractivity contribution < 1.29 is 24.2 Å². The van der Waals surface area contributed by atoms with Gasteiger partial charge in [0.1, 0.15) is 5.75 Å². The molecule has 9 rings (SSSR count). The van der Waals surface area contributed by atoms with Gasteiger partial charge < -0.3 is 19.9 Å². The van der Waals surface area contributed by atoms with E-state index < -0.39 is 13.7 Å². The zero-order chi connectivity index (χ0) is 38.1. The zero-order valence-corrected chi connectivity index (χ0v) is 32.3. The lowest BCUT2D eigenvalue weighted by Crippen LogP contribution is -2.51. The molecule has 1 fully saturated rings. The van der Waals surface area contributed by atoms with Gasteiger partial charge in [-0.05, 0) is 65.4 Å². The molecule has 1 unspecified atom stereocenters. The molecule has 5 atom stereocenters. The molecule has 1 spiro atoms. The number of benzene rings is 5. The van der Waals surface area contributed by atoms with Crippen molar-refractivity contribution in [2.24, 2.45) is 5.92 Å². The van der Waals surface area contributed by atoms with Gasteiger partial charge in [-0.2, -0.15) is 0 Å². The molecule has 2 amide bonds. The van der Waals surface area contributed by atoms with Crippen molar-refractivity contribution in [1.29, 1.82) is 0 Å². The first-order valence-electron chi connectivity index (χ1n) is 18.9. The number of ether oxygens (including phenoxy) is 2. The maximum absolute atomic E-state index is 14.5. The fraction of sp³-hybridized carbons (Fsp3) is 0.273. The van der Waals surface area contributed by atoms with Crippen LogP contribution in [0, 0.1) is 5.92 Å². The second-order valence-corrected chi connectivity index (χ2v) is 20.2. The van der Waals surface area contributed by atoms with E-state index in [1.54, 1.807) is 12.0 Å². The van der Waals surface area contributed by atoms with Crippen molar-refractivity contribution in [1.82, 2.24) is 15.0 Å². The molecule has 2 N–H and O–H groups in total. The molecule has 0 aliphatic carbocycles. The number of aliphatic hydroxyl groups excluding tert-OH is 1. The van der Waals surface area contributed by atoms with Crippen LogP contribution in [0.2, 0.25) is 18.6 Å². The smallest absolute Gasteiger partial charge is 0.263 e. The number of amides is 2. The Bertz CT molecular complexity index is 2450. The van der Waals surface area contributed by atoms with Crippen molar-refractivity contribution in [2.75, 3.05) is 23.9 Å². The summed E-state index contributed by atoms with van der Waals surface area (Å²) in [4.78, 5) is 30.2. The summed E-state index contributed by atoms with van der Waals surface area (Å²) >= 11 is 0. The molecule has 4 heterocycles. The summed E-state index contributed by atoms with van der Waals surface area (Å²) in [5, 5.41) is 25.6. The van der Waals surface area contributed by atoms with E-state index in [9.17, 15) is 14.7 Å². The number of aromatic nitrogens is 3. The summed E-state index contributed by atoms with van der Waals surface area (Å²) in [6.45, 7) is 7.29. The van der Waals surface area contributed by atoms with Crippen LogP contribution in [0.5, 0.6) is 5.75 Å². The van der Waals surface area contributed by atoms with E-state index in [0.29, 0.717) is 35.6 Å². The average molecular weight is 750 g/mol. The number of carbonyl (C=O) groups is 2. The van der Waals surface area contributed by atoms with E-state index in [1.165, 1.54) is 5.19 Å². The van der Waals surface area contributed by atoms with Crippen LogP contribution in [0.25, 0.3) is 10.8 Å². The first kappa shape index (κ1) is 35.1. The number of hydrogen-bond acceptors (Lipinski definition) is 7. The number of hydrogen-bond donors (Lipinski definition) is 2. The molecular formula is C44H43N5O5Si.